The van der Waals surface area contributed by atoms with E-state index >= 15 is 0 Å². The zero-order valence-electron chi connectivity index (χ0n) is 14.0. The van der Waals surface area contributed by atoms with Crippen molar-refractivity contribution in [3.05, 3.63) is 40.2 Å². The highest BCUT2D eigenvalue weighted by atomic mass is 35.5. The first-order chi connectivity index (χ1) is 11.9. The van der Waals surface area contributed by atoms with E-state index in [4.69, 9.17) is 20.9 Å². The van der Waals surface area contributed by atoms with Crippen molar-refractivity contribution in [1.82, 2.24) is 5.16 Å². The molecule has 0 saturated heterocycles. The third-order valence-corrected chi connectivity index (χ3v) is 6.40. The van der Waals surface area contributed by atoms with Crippen LogP contribution in [-0.4, -0.2) is 31.0 Å². The molecular weight excluding hydrogens is 366 g/mol. The van der Waals surface area contributed by atoms with E-state index in [1.165, 1.54) is 18.3 Å². The second-order valence-corrected chi connectivity index (χ2v) is 8.58. The van der Waals surface area contributed by atoms with E-state index in [1.54, 1.807) is 13.8 Å². The number of aliphatic hydroxyl groups is 1. The number of rotatable bonds is 7. The average Bonchev–Trinajstić information content (AvgIpc) is 3.32. The molecule has 136 valence electrons. The zero-order chi connectivity index (χ0) is 18.2. The lowest BCUT2D eigenvalue weighted by Gasteiger charge is -2.18. The summed E-state index contributed by atoms with van der Waals surface area (Å²) in [5, 5.41) is 14.6. The number of aromatic nitrogens is 1. The zero-order valence-corrected chi connectivity index (χ0v) is 15.6. The van der Waals surface area contributed by atoms with Gasteiger partial charge >= 0.3 is 0 Å². The highest BCUT2D eigenvalue weighted by Gasteiger charge is 2.34. The molecule has 1 fully saturated rings. The molecule has 1 heterocycles. The molecule has 6 nitrogen and oxygen atoms in total. The fourth-order valence-corrected chi connectivity index (χ4v) is 4.14. The predicted octanol–water partition coefficient (Wildman–Crippen LogP) is 3.48. The molecule has 1 aromatic heterocycles. The summed E-state index contributed by atoms with van der Waals surface area (Å²) in [5.41, 5.74) is 0.920. The lowest BCUT2D eigenvalue weighted by Crippen LogP contribution is -2.10. The summed E-state index contributed by atoms with van der Waals surface area (Å²) in [7, 11) is -3.50. The van der Waals surface area contributed by atoms with E-state index in [-0.39, 0.29) is 33.9 Å². The lowest BCUT2D eigenvalue weighted by atomic mass is 10.0. The van der Waals surface area contributed by atoms with Crippen molar-refractivity contribution in [1.29, 1.82) is 0 Å². The minimum Gasteiger partial charge on any atom is -0.491 e. The Balaban J connectivity index is 2.07. The van der Waals surface area contributed by atoms with Gasteiger partial charge in [-0.3, -0.25) is 0 Å². The molecule has 1 atom stereocenters. The highest BCUT2D eigenvalue weighted by Crippen LogP contribution is 2.46. The lowest BCUT2D eigenvalue weighted by molar-refractivity contribution is 0.216. The number of hydrogen-bond donors (Lipinski definition) is 1. The number of hydrogen-bond acceptors (Lipinski definition) is 6. The number of halogens is 1. The minimum atomic E-state index is -3.50. The van der Waals surface area contributed by atoms with Crippen LogP contribution < -0.4 is 4.74 Å². The Morgan fingerprint density at radius 3 is 2.68 bits per heavy atom. The van der Waals surface area contributed by atoms with Crippen LogP contribution in [0.25, 0.3) is 0 Å². The van der Waals surface area contributed by atoms with Crippen molar-refractivity contribution in [2.24, 2.45) is 0 Å². The Kier molecular flexibility index (Phi) is 5.09. The molecule has 0 amide bonds. The van der Waals surface area contributed by atoms with Gasteiger partial charge in [-0.2, -0.15) is 0 Å². The standard InChI is InChI=1S/C17H20ClNO5S/c1-3-23-17-13(25(21,22)4-2)8-7-11(14(17)18)15(20)12-9-19-24-16(12)10-5-6-10/h7-10,15,20H,3-6H2,1-2H3. The van der Waals surface area contributed by atoms with E-state index in [2.05, 4.69) is 5.16 Å². The van der Waals surface area contributed by atoms with Crippen LogP contribution in [0.2, 0.25) is 5.02 Å². The van der Waals surface area contributed by atoms with Crippen molar-refractivity contribution in [3.63, 3.8) is 0 Å². The molecule has 1 aliphatic rings. The second kappa shape index (κ2) is 6.97. The van der Waals surface area contributed by atoms with Crippen LogP contribution in [0.1, 0.15) is 55.6 Å². The number of benzene rings is 1. The van der Waals surface area contributed by atoms with E-state index < -0.39 is 15.9 Å². The summed E-state index contributed by atoms with van der Waals surface area (Å²) in [5.74, 6) is 0.943. The molecular formula is C17H20ClNO5S. The Morgan fingerprint density at radius 2 is 2.08 bits per heavy atom. The summed E-state index contributed by atoms with van der Waals surface area (Å²) >= 11 is 6.41. The van der Waals surface area contributed by atoms with Gasteiger partial charge in [0.15, 0.2) is 15.6 Å². The topological polar surface area (TPSA) is 89.6 Å². The van der Waals surface area contributed by atoms with Crippen LogP contribution in [0.5, 0.6) is 5.75 Å². The summed E-state index contributed by atoms with van der Waals surface area (Å²) in [6.07, 6.45) is 2.42. The largest absolute Gasteiger partial charge is 0.491 e. The molecule has 0 radical (unpaired) electrons. The molecule has 2 aromatic rings. The fourth-order valence-electron chi connectivity index (χ4n) is 2.73. The Labute approximate surface area is 151 Å². The van der Waals surface area contributed by atoms with Crippen LogP contribution in [0.4, 0.5) is 0 Å². The molecule has 1 aromatic carbocycles. The summed E-state index contributed by atoms with van der Waals surface area (Å²) < 4.78 is 35.3. The molecule has 0 spiro atoms. The van der Waals surface area contributed by atoms with Gasteiger partial charge < -0.3 is 14.4 Å². The molecule has 1 saturated carbocycles. The van der Waals surface area contributed by atoms with E-state index in [9.17, 15) is 13.5 Å². The number of aliphatic hydroxyl groups excluding tert-OH is 1. The Morgan fingerprint density at radius 1 is 1.36 bits per heavy atom. The number of sulfone groups is 1. The normalized spacial score (nSPS) is 16.0. The third-order valence-electron chi connectivity index (χ3n) is 4.26. The maximum absolute atomic E-state index is 12.3. The van der Waals surface area contributed by atoms with Gasteiger partial charge in [-0.1, -0.05) is 29.7 Å². The van der Waals surface area contributed by atoms with Gasteiger partial charge in [-0.25, -0.2) is 8.42 Å². The van der Waals surface area contributed by atoms with E-state index in [0.717, 1.165) is 12.8 Å². The van der Waals surface area contributed by atoms with Crippen LogP contribution in [0, 0.1) is 0 Å². The first-order valence-corrected chi connectivity index (χ1v) is 10.2. The van der Waals surface area contributed by atoms with Gasteiger partial charge in [0, 0.05) is 17.0 Å². The summed E-state index contributed by atoms with van der Waals surface area (Å²) in [6, 6.07) is 2.94. The van der Waals surface area contributed by atoms with Crippen LogP contribution >= 0.6 is 11.6 Å². The van der Waals surface area contributed by atoms with Crippen molar-refractivity contribution in [2.75, 3.05) is 12.4 Å². The summed E-state index contributed by atoms with van der Waals surface area (Å²) in [6.45, 7) is 3.56. The van der Waals surface area contributed by atoms with E-state index in [0.29, 0.717) is 16.9 Å². The molecule has 0 bridgehead atoms. The maximum Gasteiger partial charge on any atom is 0.181 e. The number of ether oxygens (including phenoxy) is 1. The van der Waals surface area contributed by atoms with Crippen LogP contribution in [-0.2, 0) is 9.84 Å². The predicted molar refractivity (Wildman–Crippen MR) is 92.9 cm³/mol. The summed E-state index contributed by atoms with van der Waals surface area (Å²) in [4.78, 5) is 0.0329. The molecule has 3 rings (SSSR count). The maximum atomic E-state index is 12.3. The monoisotopic (exact) mass is 385 g/mol. The average molecular weight is 386 g/mol. The molecule has 1 N–H and O–H groups in total. The Hall–Kier alpha value is -1.57. The smallest absolute Gasteiger partial charge is 0.181 e. The minimum absolute atomic E-state index is 0.0329. The molecule has 0 aliphatic heterocycles. The van der Waals surface area contributed by atoms with Crippen molar-refractivity contribution >= 4 is 21.4 Å². The molecule has 25 heavy (non-hydrogen) atoms. The SMILES string of the molecule is CCOc1c(S(=O)(=O)CC)ccc(C(O)c2cnoc2C2CC2)c1Cl. The molecule has 8 heteroatoms. The Bertz CT molecular complexity index is 873. The van der Waals surface area contributed by atoms with E-state index in [1.807, 2.05) is 0 Å². The molecule has 1 aliphatic carbocycles. The second-order valence-electron chi connectivity index (χ2n) is 5.95. The highest BCUT2D eigenvalue weighted by molar-refractivity contribution is 7.91. The fraction of sp³-hybridized carbons (Fsp3) is 0.471. The van der Waals surface area contributed by atoms with Crippen molar-refractivity contribution < 1.29 is 22.8 Å². The van der Waals surface area contributed by atoms with Crippen LogP contribution in [0.15, 0.2) is 27.7 Å². The van der Waals surface area contributed by atoms with Gasteiger partial charge in [0.2, 0.25) is 0 Å². The third kappa shape index (κ3) is 3.41. The first kappa shape index (κ1) is 18.2. The quantitative estimate of drug-likeness (QED) is 0.784. The first-order valence-electron chi connectivity index (χ1n) is 8.21. The van der Waals surface area contributed by atoms with Gasteiger partial charge in [0.05, 0.1) is 23.6 Å². The van der Waals surface area contributed by atoms with Gasteiger partial charge in [-0.05, 0) is 25.8 Å². The van der Waals surface area contributed by atoms with Crippen molar-refractivity contribution in [3.8, 4) is 5.75 Å². The number of nitrogens with zero attached hydrogens (tertiary/aromatic N) is 1. The molecule has 1 unspecified atom stereocenters. The van der Waals surface area contributed by atoms with Crippen molar-refractivity contribution in [2.45, 2.75) is 43.6 Å². The van der Waals surface area contributed by atoms with Gasteiger partial charge in [0.1, 0.15) is 16.8 Å². The van der Waals surface area contributed by atoms with Gasteiger partial charge in [-0.15, -0.1) is 0 Å². The van der Waals surface area contributed by atoms with Crippen LogP contribution in [0.3, 0.4) is 0 Å². The van der Waals surface area contributed by atoms with Gasteiger partial charge in [0.25, 0.3) is 0 Å².